The van der Waals surface area contributed by atoms with Crippen molar-refractivity contribution < 1.29 is 36.5 Å². The number of rotatable bonds is 4. The standard InChI is InChI=1S/C21H25NO4.H2O4S/c1-23-18-6-5-13-9-17-15-11-20(25-3)19(24-2)10-14(15)7-8-22(17)12-16(13)21(18)26-4;1-5(2,3)4/h5-6,10-11,17H,7-9,12H2,1-4H3;(H2,1,2,3,4)/t17-;/m0./s1. The highest BCUT2D eigenvalue weighted by molar-refractivity contribution is 7.79. The molecule has 0 aromatic heterocycles. The molecular weight excluding hydrogens is 426 g/mol. The molecule has 0 spiro atoms. The summed E-state index contributed by atoms with van der Waals surface area (Å²) in [6, 6.07) is 8.81. The van der Waals surface area contributed by atoms with E-state index in [1.54, 1.807) is 28.4 Å². The average molecular weight is 454 g/mol. The van der Waals surface area contributed by atoms with Crippen LogP contribution in [0.2, 0.25) is 0 Å². The van der Waals surface area contributed by atoms with E-state index in [2.05, 4.69) is 23.1 Å². The molecule has 4 rings (SSSR count). The molecule has 2 aromatic rings. The quantitative estimate of drug-likeness (QED) is 0.674. The van der Waals surface area contributed by atoms with Gasteiger partial charge in [0.1, 0.15) is 0 Å². The second kappa shape index (κ2) is 9.31. The first kappa shape index (κ1) is 23.1. The largest absolute Gasteiger partial charge is 0.493 e. The van der Waals surface area contributed by atoms with Crippen molar-refractivity contribution in [1.29, 1.82) is 0 Å². The molecule has 0 unspecified atom stereocenters. The molecule has 0 amide bonds. The molecular formula is C21H27NO8S. The van der Waals surface area contributed by atoms with Crippen LogP contribution in [0.4, 0.5) is 0 Å². The predicted octanol–water partition coefficient (Wildman–Crippen LogP) is 2.72. The Morgan fingerprint density at radius 2 is 1.52 bits per heavy atom. The monoisotopic (exact) mass is 453 g/mol. The molecule has 10 heteroatoms. The minimum Gasteiger partial charge on any atom is -0.493 e. The van der Waals surface area contributed by atoms with E-state index < -0.39 is 10.4 Å². The lowest BCUT2D eigenvalue weighted by Gasteiger charge is -2.42. The van der Waals surface area contributed by atoms with E-state index in [-0.39, 0.29) is 0 Å². The van der Waals surface area contributed by atoms with Gasteiger partial charge in [-0.2, -0.15) is 8.42 Å². The van der Waals surface area contributed by atoms with E-state index in [0.29, 0.717) is 6.04 Å². The highest BCUT2D eigenvalue weighted by atomic mass is 32.3. The summed E-state index contributed by atoms with van der Waals surface area (Å²) in [6.45, 7) is 1.89. The topological polar surface area (TPSA) is 115 Å². The lowest BCUT2D eigenvalue weighted by molar-refractivity contribution is 0.157. The summed E-state index contributed by atoms with van der Waals surface area (Å²) in [4.78, 5) is 2.53. The fourth-order valence-corrected chi connectivity index (χ4v) is 4.32. The Morgan fingerprint density at radius 3 is 2.10 bits per heavy atom. The van der Waals surface area contributed by atoms with E-state index in [4.69, 9.17) is 36.5 Å². The maximum atomic E-state index is 8.74. The van der Waals surface area contributed by atoms with Crippen LogP contribution in [0.15, 0.2) is 24.3 Å². The Bertz CT molecular complexity index is 1050. The van der Waals surface area contributed by atoms with E-state index in [0.717, 1.165) is 48.9 Å². The lowest BCUT2D eigenvalue weighted by atomic mass is 9.83. The normalized spacial score (nSPS) is 17.3. The maximum absolute atomic E-state index is 8.74. The van der Waals surface area contributed by atoms with Gasteiger partial charge in [-0.1, -0.05) is 6.07 Å². The molecule has 31 heavy (non-hydrogen) atoms. The highest BCUT2D eigenvalue weighted by Crippen LogP contribution is 2.45. The summed E-state index contributed by atoms with van der Waals surface area (Å²) in [7, 11) is 2.12. The molecule has 1 atom stereocenters. The molecule has 2 aliphatic rings. The first-order valence-electron chi connectivity index (χ1n) is 9.61. The van der Waals surface area contributed by atoms with Crippen LogP contribution < -0.4 is 18.9 Å². The number of fused-ring (bicyclic) bond motifs is 4. The van der Waals surface area contributed by atoms with Crippen molar-refractivity contribution in [3.05, 3.63) is 46.5 Å². The third-order valence-electron chi connectivity index (χ3n) is 5.63. The first-order valence-corrected chi connectivity index (χ1v) is 11.0. The molecule has 170 valence electrons. The predicted molar refractivity (Wildman–Crippen MR) is 114 cm³/mol. The molecule has 0 bridgehead atoms. The molecule has 0 saturated carbocycles. The van der Waals surface area contributed by atoms with Gasteiger partial charge in [0.2, 0.25) is 0 Å². The van der Waals surface area contributed by atoms with E-state index in [1.807, 2.05) is 6.07 Å². The molecule has 2 N–H and O–H groups in total. The smallest absolute Gasteiger partial charge is 0.394 e. The van der Waals surface area contributed by atoms with Gasteiger partial charge >= 0.3 is 10.4 Å². The van der Waals surface area contributed by atoms with Gasteiger partial charge in [-0.25, -0.2) is 0 Å². The van der Waals surface area contributed by atoms with Crippen LogP contribution in [-0.2, 0) is 29.8 Å². The summed E-state index contributed by atoms with van der Waals surface area (Å²) in [5.41, 5.74) is 5.26. The number of methoxy groups -OCH3 is 4. The SMILES string of the molecule is COc1cc2c(cc1OC)[C@@H]1Cc3ccc(OC)c(OC)c3CN1CC2.O=S(=O)(O)O. The Labute approximate surface area is 182 Å². The van der Waals surface area contributed by atoms with Gasteiger partial charge in [0.15, 0.2) is 23.0 Å². The van der Waals surface area contributed by atoms with Crippen molar-refractivity contribution >= 4 is 10.4 Å². The second-order valence-corrected chi connectivity index (χ2v) is 8.13. The number of ether oxygens (including phenoxy) is 4. The van der Waals surface area contributed by atoms with Gasteiger partial charge in [0, 0.05) is 24.7 Å². The number of hydrogen-bond acceptors (Lipinski definition) is 7. The molecule has 0 radical (unpaired) electrons. The van der Waals surface area contributed by atoms with Gasteiger partial charge in [-0.05, 0) is 47.7 Å². The van der Waals surface area contributed by atoms with E-state index >= 15 is 0 Å². The van der Waals surface area contributed by atoms with Crippen LogP contribution in [-0.4, -0.2) is 57.4 Å². The van der Waals surface area contributed by atoms with Crippen molar-refractivity contribution in [3.63, 3.8) is 0 Å². The molecule has 2 heterocycles. The molecule has 0 fully saturated rings. The van der Waals surface area contributed by atoms with Crippen molar-refractivity contribution in [2.24, 2.45) is 0 Å². The number of nitrogens with zero attached hydrogens (tertiary/aromatic N) is 1. The summed E-state index contributed by atoms with van der Waals surface area (Å²) in [6.07, 6.45) is 1.96. The Hall–Kier alpha value is -2.53. The molecule has 2 aromatic carbocycles. The molecule has 9 nitrogen and oxygen atoms in total. The van der Waals surface area contributed by atoms with E-state index in [9.17, 15) is 0 Å². The summed E-state index contributed by atoms with van der Waals surface area (Å²) < 4.78 is 53.7. The third kappa shape index (κ3) is 5.04. The van der Waals surface area contributed by atoms with Crippen molar-refractivity contribution in [3.8, 4) is 23.0 Å². The molecule has 0 saturated heterocycles. The first-order chi connectivity index (χ1) is 14.7. The van der Waals surface area contributed by atoms with Gasteiger partial charge < -0.3 is 18.9 Å². The fourth-order valence-electron chi connectivity index (χ4n) is 4.32. The third-order valence-corrected chi connectivity index (χ3v) is 5.63. The summed E-state index contributed by atoms with van der Waals surface area (Å²) in [5.74, 6) is 3.27. The fraction of sp³-hybridized carbons (Fsp3) is 0.429. The van der Waals surface area contributed by atoms with E-state index in [1.165, 1.54) is 22.3 Å². The minimum atomic E-state index is -4.67. The van der Waals surface area contributed by atoms with Crippen LogP contribution in [0.3, 0.4) is 0 Å². The van der Waals surface area contributed by atoms with Gasteiger partial charge in [0.25, 0.3) is 0 Å². The zero-order valence-corrected chi connectivity index (χ0v) is 18.7. The Kier molecular flexibility index (Phi) is 6.95. The van der Waals surface area contributed by atoms with Crippen LogP contribution >= 0.6 is 0 Å². The van der Waals surface area contributed by atoms with Crippen LogP contribution in [0.5, 0.6) is 23.0 Å². The minimum absolute atomic E-state index is 0.351. The Balaban J connectivity index is 0.000000491. The summed E-state index contributed by atoms with van der Waals surface area (Å²) >= 11 is 0. The molecule has 0 aliphatic carbocycles. The number of hydrogen-bond donors (Lipinski definition) is 2. The van der Waals surface area contributed by atoms with Crippen LogP contribution in [0, 0.1) is 0 Å². The molecule has 2 aliphatic heterocycles. The Morgan fingerprint density at radius 1 is 0.903 bits per heavy atom. The van der Waals surface area contributed by atoms with Crippen molar-refractivity contribution in [2.45, 2.75) is 25.4 Å². The zero-order chi connectivity index (χ0) is 22.8. The summed E-state index contributed by atoms with van der Waals surface area (Å²) in [5, 5.41) is 0. The highest BCUT2D eigenvalue weighted by Gasteiger charge is 2.34. The van der Waals surface area contributed by atoms with Crippen molar-refractivity contribution in [2.75, 3.05) is 35.0 Å². The van der Waals surface area contributed by atoms with Crippen LogP contribution in [0.1, 0.15) is 28.3 Å². The zero-order valence-electron chi connectivity index (χ0n) is 17.9. The van der Waals surface area contributed by atoms with Gasteiger partial charge in [-0.15, -0.1) is 0 Å². The number of benzene rings is 2. The van der Waals surface area contributed by atoms with Crippen LogP contribution in [0.25, 0.3) is 0 Å². The van der Waals surface area contributed by atoms with Gasteiger partial charge in [-0.3, -0.25) is 14.0 Å². The average Bonchev–Trinajstić information content (AvgIpc) is 2.74. The maximum Gasteiger partial charge on any atom is 0.394 e. The van der Waals surface area contributed by atoms with Gasteiger partial charge in [0.05, 0.1) is 28.4 Å². The lowest BCUT2D eigenvalue weighted by Crippen LogP contribution is -2.39. The second-order valence-electron chi connectivity index (χ2n) is 7.23. The van der Waals surface area contributed by atoms with Crippen molar-refractivity contribution in [1.82, 2.24) is 4.90 Å².